The Morgan fingerprint density at radius 3 is 2.63 bits per heavy atom. The summed E-state index contributed by atoms with van der Waals surface area (Å²) in [6.45, 7) is 7.82. The lowest BCUT2D eigenvalue weighted by atomic mass is 9.93. The fourth-order valence-electron chi connectivity index (χ4n) is 2.10. The van der Waals surface area contributed by atoms with Gasteiger partial charge in [-0.3, -0.25) is 4.79 Å². The minimum atomic E-state index is -0.676. The topological polar surface area (TPSA) is 73.6 Å². The molecule has 5 nitrogen and oxygen atoms in total. The molecule has 3 N–H and O–H groups in total. The van der Waals surface area contributed by atoms with Crippen molar-refractivity contribution in [3.8, 4) is 0 Å². The highest BCUT2D eigenvalue weighted by atomic mass is 16.5. The molecular weight excluding hydrogens is 244 g/mol. The van der Waals surface area contributed by atoms with E-state index in [9.17, 15) is 4.79 Å². The van der Waals surface area contributed by atoms with Crippen molar-refractivity contribution in [2.24, 2.45) is 5.73 Å². The molecule has 0 aromatic carbocycles. The lowest BCUT2D eigenvalue weighted by Gasteiger charge is -2.30. The quantitative estimate of drug-likeness (QED) is 0.554. The molecule has 0 aromatic rings. The van der Waals surface area contributed by atoms with Gasteiger partial charge in [0.15, 0.2) is 0 Å². The van der Waals surface area contributed by atoms with Crippen LogP contribution in [-0.4, -0.2) is 43.4 Å². The van der Waals surface area contributed by atoms with Crippen molar-refractivity contribution in [1.82, 2.24) is 5.32 Å². The summed E-state index contributed by atoms with van der Waals surface area (Å²) in [5.74, 6) is -0.308. The molecule has 0 aliphatic heterocycles. The average molecular weight is 272 g/mol. The highest BCUT2D eigenvalue weighted by Gasteiger charge is 2.38. The fourth-order valence-corrected chi connectivity index (χ4v) is 2.10. The van der Waals surface area contributed by atoms with E-state index in [1.807, 2.05) is 13.8 Å². The van der Waals surface area contributed by atoms with Crippen LogP contribution in [0.1, 0.15) is 46.5 Å². The lowest BCUT2D eigenvalue weighted by Crippen LogP contribution is -2.55. The highest BCUT2D eigenvalue weighted by Crippen LogP contribution is 2.25. The Morgan fingerprint density at radius 2 is 2.11 bits per heavy atom. The molecule has 1 fully saturated rings. The molecule has 0 radical (unpaired) electrons. The number of primary amides is 1. The molecule has 1 rings (SSSR count). The second kappa shape index (κ2) is 7.82. The molecule has 0 saturated heterocycles. The zero-order valence-corrected chi connectivity index (χ0v) is 12.4. The van der Waals surface area contributed by atoms with Gasteiger partial charge in [-0.1, -0.05) is 6.92 Å². The standard InChI is InChI=1S/C14H28N2O3/c1-4-7-18-8-9-19-11(2)10-14(3,13(15)17)16-12-5-6-12/h11-12,16H,4-10H2,1-3H3,(H2,15,17). The second-order valence-corrected chi connectivity index (χ2v) is 5.61. The molecule has 1 aliphatic rings. The third kappa shape index (κ3) is 6.36. The Kier molecular flexibility index (Phi) is 6.75. The van der Waals surface area contributed by atoms with Crippen molar-refractivity contribution in [3.05, 3.63) is 0 Å². The van der Waals surface area contributed by atoms with E-state index < -0.39 is 5.54 Å². The molecule has 0 spiro atoms. The molecule has 1 saturated carbocycles. The third-order valence-corrected chi connectivity index (χ3v) is 3.32. The number of nitrogens with one attached hydrogen (secondary N) is 1. The Morgan fingerprint density at radius 1 is 1.42 bits per heavy atom. The molecule has 19 heavy (non-hydrogen) atoms. The molecule has 2 atom stereocenters. The van der Waals surface area contributed by atoms with Gasteiger partial charge in [-0.25, -0.2) is 0 Å². The normalized spacial score (nSPS) is 19.9. The van der Waals surface area contributed by atoms with Crippen molar-refractivity contribution < 1.29 is 14.3 Å². The van der Waals surface area contributed by atoms with Crippen LogP contribution in [0, 0.1) is 0 Å². The molecule has 5 heteroatoms. The maximum absolute atomic E-state index is 11.6. The molecule has 112 valence electrons. The maximum atomic E-state index is 11.6. The van der Waals surface area contributed by atoms with Crippen molar-refractivity contribution >= 4 is 5.91 Å². The number of carbonyl (C=O) groups is 1. The van der Waals surface area contributed by atoms with Crippen LogP contribution in [0.5, 0.6) is 0 Å². The lowest BCUT2D eigenvalue weighted by molar-refractivity contribution is -0.125. The summed E-state index contributed by atoms with van der Waals surface area (Å²) in [6.07, 6.45) is 3.84. The fraction of sp³-hybridized carbons (Fsp3) is 0.929. The zero-order chi connectivity index (χ0) is 14.3. The van der Waals surface area contributed by atoms with Crippen molar-refractivity contribution in [2.45, 2.75) is 64.1 Å². The third-order valence-electron chi connectivity index (χ3n) is 3.32. The van der Waals surface area contributed by atoms with E-state index in [2.05, 4.69) is 12.2 Å². The smallest absolute Gasteiger partial charge is 0.237 e. The van der Waals surface area contributed by atoms with Crippen LogP contribution in [0.4, 0.5) is 0 Å². The van der Waals surface area contributed by atoms with Crippen LogP contribution >= 0.6 is 0 Å². The first-order chi connectivity index (χ1) is 8.98. The number of rotatable bonds is 11. The molecule has 0 bridgehead atoms. The summed E-state index contributed by atoms with van der Waals surface area (Å²) in [6, 6.07) is 0.442. The number of nitrogens with two attached hydrogens (primary N) is 1. The van der Waals surface area contributed by atoms with Crippen LogP contribution < -0.4 is 11.1 Å². The van der Waals surface area contributed by atoms with E-state index in [1.165, 1.54) is 0 Å². The maximum Gasteiger partial charge on any atom is 0.237 e. The minimum Gasteiger partial charge on any atom is -0.379 e. The number of hydrogen-bond donors (Lipinski definition) is 2. The van der Waals surface area contributed by atoms with Gasteiger partial charge in [-0.15, -0.1) is 0 Å². The van der Waals surface area contributed by atoms with E-state index in [0.29, 0.717) is 25.7 Å². The van der Waals surface area contributed by atoms with E-state index in [0.717, 1.165) is 25.9 Å². The summed E-state index contributed by atoms with van der Waals surface area (Å²) >= 11 is 0. The van der Waals surface area contributed by atoms with Gasteiger partial charge in [0.2, 0.25) is 5.91 Å². The molecule has 0 aromatic heterocycles. The van der Waals surface area contributed by atoms with Crippen LogP contribution in [0.3, 0.4) is 0 Å². The van der Waals surface area contributed by atoms with Crippen LogP contribution in [-0.2, 0) is 14.3 Å². The van der Waals surface area contributed by atoms with E-state index in [-0.39, 0.29) is 12.0 Å². The number of carbonyl (C=O) groups excluding carboxylic acids is 1. The van der Waals surface area contributed by atoms with Gasteiger partial charge in [0, 0.05) is 19.1 Å². The second-order valence-electron chi connectivity index (χ2n) is 5.61. The van der Waals surface area contributed by atoms with Crippen LogP contribution in [0.25, 0.3) is 0 Å². The summed E-state index contributed by atoms with van der Waals surface area (Å²) in [7, 11) is 0. The summed E-state index contributed by atoms with van der Waals surface area (Å²) in [5.41, 5.74) is 4.83. The van der Waals surface area contributed by atoms with Crippen molar-refractivity contribution in [2.75, 3.05) is 19.8 Å². The zero-order valence-electron chi connectivity index (χ0n) is 12.4. The number of amides is 1. The van der Waals surface area contributed by atoms with Gasteiger partial charge in [-0.2, -0.15) is 0 Å². The first-order valence-electron chi connectivity index (χ1n) is 7.25. The summed E-state index contributed by atoms with van der Waals surface area (Å²) < 4.78 is 11.0. The Hall–Kier alpha value is -0.650. The van der Waals surface area contributed by atoms with Gasteiger partial charge in [-0.05, 0) is 33.1 Å². The van der Waals surface area contributed by atoms with Gasteiger partial charge >= 0.3 is 0 Å². The average Bonchev–Trinajstić information content (AvgIpc) is 3.12. The van der Waals surface area contributed by atoms with Crippen molar-refractivity contribution in [3.63, 3.8) is 0 Å². The van der Waals surface area contributed by atoms with Crippen LogP contribution in [0.15, 0.2) is 0 Å². The summed E-state index contributed by atoms with van der Waals surface area (Å²) in [5, 5.41) is 3.32. The summed E-state index contributed by atoms with van der Waals surface area (Å²) in [4.78, 5) is 11.6. The van der Waals surface area contributed by atoms with Gasteiger partial charge in [0.05, 0.1) is 24.9 Å². The molecule has 2 unspecified atom stereocenters. The predicted molar refractivity (Wildman–Crippen MR) is 74.9 cm³/mol. The van der Waals surface area contributed by atoms with Gasteiger partial charge in [0.1, 0.15) is 0 Å². The highest BCUT2D eigenvalue weighted by molar-refractivity contribution is 5.84. The Bertz CT molecular complexity index is 282. The van der Waals surface area contributed by atoms with E-state index in [4.69, 9.17) is 15.2 Å². The number of hydrogen-bond acceptors (Lipinski definition) is 4. The molecular formula is C14H28N2O3. The van der Waals surface area contributed by atoms with E-state index >= 15 is 0 Å². The van der Waals surface area contributed by atoms with Gasteiger partial charge in [0.25, 0.3) is 0 Å². The van der Waals surface area contributed by atoms with Crippen molar-refractivity contribution in [1.29, 1.82) is 0 Å². The van der Waals surface area contributed by atoms with Crippen LogP contribution in [0.2, 0.25) is 0 Å². The molecule has 1 aliphatic carbocycles. The Balaban J connectivity index is 2.26. The first-order valence-corrected chi connectivity index (χ1v) is 7.25. The van der Waals surface area contributed by atoms with E-state index in [1.54, 1.807) is 0 Å². The largest absolute Gasteiger partial charge is 0.379 e. The molecule has 1 amide bonds. The monoisotopic (exact) mass is 272 g/mol. The number of ether oxygens (including phenoxy) is 2. The minimum absolute atomic E-state index is 0.0195. The molecule has 0 heterocycles. The SMILES string of the molecule is CCCOCCOC(C)CC(C)(NC1CC1)C(N)=O. The first kappa shape index (κ1) is 16.4. The Labute approximate surface area is 116 Å². The predicted octanol–water partition coefficient (Wildman–Crippen LogP) is 1.20. The van der Waals surface area contributed by atoms with Gasteiger partial charge < -0.3 is 20.5 Å².